The maximum Gasteiger partial charge on any atom is 0.155 e. The highest BCUT2D eigenvalue weighted by atomic mass is 16.5. The molecular weight excluding hydrogens is 322 g/mol. The average molecular weight is 368 g/mol. The number of benzene rings is 1. The molecule has 0 aliphatic carbocycles. The number of ether oxygens (including phenoxy) is 1. The molecule has 0 bridgehead atoms. The van der Waals surface area contributed by atoms with Crippen molar-refractivity contribution >= 4 is 5.78 Å². The fourth-order valence-corrected chi connectivity index (χ4v) is 1.91. The van der Waals surface area contributed by atoms with Gasteiger partial charge in [0.15, 0.2) is 5.78 Å². The molecule has 1 atom stereocenters. The van der Waals surface area contributed by atoms with Crippen molar-refractivity contribution in [2.24, 2.45) is 11.1 Å². The van der Waals surface area contributed by atoms with E-state index in [4.69, 9.17) is 10.5 Å². The number of carbonyl (C=O) groups is 1. The normalized spacial score (nSPS) is 10.7. The van der Waals surface area contributed by atoms with E-state index in [1.807, 2.05) is 79.7 Å². The highest BCUT2D eigenvalue weighted by Crippen LogP contribution is 2.23. The lowest BCUT2D eigenvalue weighted by Crippen LogP contribution is -2.41. The number of nitrogens with two attached hydrogens (primary N) is 1. The first-order chi connectivity index (χ1) is 12.3. The van der Waals surface area contributed by atoms with Gasteiger partial charge in [-0.3, -0.25) is 4.79 Å². The third kappa shape index (κ3) is 12.9. The Hall–Kier alpha value is -1.35. The first-order valence-corrected chi connectivity index (χ1v) is 10.3. The van der Waals surface area contributed by atoms with E-state index in [1.54, 1.807) is 0 Å². The van der Waals surface area contributed by atoms with Gasteiger partial charge in [0.1, 0.15) is 5.75 Å². The van der Waals surface area contributed by atoms with Crippen molar-refractivity contribution in [3.05, 3.63) is 29.8 Å². The molecule has 0 aliphatic heterocycles. The molecule has 0 saturated heterocycles. The van der Waals surface area contributed by atoms with Crippen LogP contribution in [0.4, 0.5) is 0 Å². The van der Waals surface area contributed by atoms with E-state index in [-0.39, 0.29) is 11.2 Å². The van der Waals surface area contributed by atoms with Gasteiger partial charge in [-0.1, -0.05) is 80.9 Å². The summed E-state index contributed by atoms with van der Waals surface area (Å²) in [4.78, 5) is 12.2. The number of rotatable bonds is 7. The Labute approximate surface area is 163 Å². The summed E-state index contributed by atoms with van der Waals surface area (Å²) < 4.78 is 5.39. The molecule has 26 heavy (non-hydrogen) atoms. The van der Waals surface area contributed by atoms with E-state index >= 15 is 0 Å². The second-order valence-electron chi connectivity index (χ2n) is 6.20. The maximum atomic E-state index is 12.2. The minimum atomic E-state index is -0.437. The summed E-state index contributed by atoms with van der Waals surface area (Å²) in [6.45, 7) is 20.8. The Balaban J connectivity index is -0.000000663. The van der Waals surface area contributed by atoms with Crippen molar-refractivity contribution in [3.8, 4) is 5.75 Å². The first kappa shape index (κ1) is 29.4. The predicted octanol–water partition coefficient (Wildman–Crippen LogP) is 6.43. The fourth-order valence-electron chi connectivity index (χ4n) is 1.91. The number of carbonyl (C=O) groups excluding carboxylic acids is 1. The monoisotopic (exact) mass is 367 g/mol. The molecule has 3 nitrogen and oxygen atoms in total. The van der Waals surface area contributed by atoms with Gasteiger partial charge in [0.05, 0.1) is 12.6 Å². The van der Waals surface area contributed by atoms with Crippen molar-refractivity contribution in [2.45, 2.75) is 94.5 Å². The van der Waals surface area contributed by atoms with Crippen LogP contribution in [0, 0.1) is 5.41 Å². The van der Waals surface area contributed by atoms with Crippen LogP contribution < -0.4 is 10.5 Å². The fraction of sp³-hybridized carbons (Fsp3) is 0.696. The lowest BCUT2D eigenvalue weighted by Gasteiger charge is -2.25. The van der Waals surface area contributed by atoms with Crippen LogP contribution in [-0.2, 0) is 11.2 Å². The minimum absolute atomic E-state index is 0.129. The van der Waals surface area contributed by atoms with Gasteiger partial charge in [0, 0.05) is 5.41 Å². The summed E-state index contributed by atoms with van der Waals surface area (Å²) in [6.07, 6.45) is 2.64. The van der Waals surface area contributed by atoms with Gasteiger partial charge in [0.2, 0.25) is 0 Å². The highest BCUT2D eigenvalue weighted by molar-refractivity contribution is 5.89. The van der Waals surface area contributed by atoms with Gasteiger partial charge in [-0.15, -0.1) is 0 Å². The van der Waals surface area contributed by atoms with E-state index in [0.717, 1.165) is 17.7 Å². The Bertz CT molecular complexity index is 424. The zero-order chi connectivity index (χ0) is 21.2. The molecule has 3 heteroatoms. The lowest BCUT2D eigenvalue weighted by atomic mass is 9.80. The topological polar surface area (TPSA) is 52.3 Å². The zero-order valence-corrected chi connectivity index (χ0v) is 19.1. The summed E-state index contributed by atoms with van der Waals surface area (Å²) in [5.41, 5.74) is 6.75. The van der Waals surface area contributed by atoms with Crippen LogP contribution >= 0.6 is 0 Å². The van der Waals surface area contributed by atoms with Crippen molar-refractivity contribution in [1.82, 2.24) is 0 Å². The molecule has 0 radical (unpaired) electrons. The molecule has 2 N–H and O–H groups in total. The number of ketones is 1. The largest absolute Gasteiger partial charge is 0.494 e. The molecule has 0 fully saturated rings. The number of Topliss-reactive ketones (excluding diaryl/α,β-unsaturated/α-hetero) is 1. The van der Waals surface area contributed by atoms with Crippen LogP contribution in [0.3, 0.4) is 0 Å². The first-order valence-electron chi connectivity index (χ1n) is 10.3. The quantitative estimate of drug-likeness (QED) is 0.604. The smallest absolute Gasteiger partial charge is 0.155 e. The summed E-state index contributed by atoms with van der Waals surface area (Å²) in [5, 5.41) is 0. The second kappa shape index (κ2) is 18.4. The van der Waals surface area contributed by atoms with Gasteiger partial charge in [0.25, 0.3) is 0 Å². The van der Waals surface area contributed by atoms with Gasteiger partial charge in [-0.25, -0.2) is 0 Å². The van der Waals surface area contributed by atoms with Crippen LogP contribution in [0.1, 0.15) is 87.6 Å². The molecule has 0 spiro atoms. The van der Waals surface area contributed by atoms with E-state index in [9.17, 15) is 4.79 Å². The predicted molar refractivity (Wildman–Crippen MR) is 117 cm³/mol. The summed E-state index contributed by atoms with van der Waals surface area (Å²) in [6, 6.07) is 7.34. The highest BCUT2D eigenvalue weighted by Gasteiger charge is 2.29. The SMILES string of the molecule is CC.CC.CCC.CCOc1ccc(CC(N)C(=O)C(C)(C)CC)cc1. The molecule has 1 aromatic carbocycles. The molecule has 0 heterocycles. The van der Waals surface area contributed by atoms with Gasteiger partial charge in [-0.2, -0.15) is 0 Å². The summed E-state index contributed by atoms with van der Waals surface area (Å²) in [7, 11) is 0. The van der Waals surface area contributed by atoms with Crippen molar-refractivity contribution in [2.75, 3.05) is 6.61 Å². The van der Waals surface area contributed by atoms with E-state index in [0.29, 0.717) is 13.0 Å². The van der Waals surface area contributed by atoms with E-state index in [2.05, 4.69) is 13.8 Å². The summed E-state index contributed by atoms with van der Waals surface area (Å²) in [5.74, 6) is 0.976. The van der Waals surface area contributed by atoms with Gasteiger partial charge >= 0.3 is 0 Å². The second-order valence-corrected chi connectivity index (χ2v) is 6.20. The molecule has 0 saturated carbocycles. The Morgan fingerprint density at radius 3 is 1.77 bits per heavy atom. The Kier molecular flexibility index (Phi) is 20.9. The van der Waals surface area contributed by atoms with Crippen molar-refractivity contribution in [3.63, 3.8) is 0 Å². The van der Waals surface area contributed by atoms with E-state index < -0.39 is 6.04 Å². The molecule has 1 rings (SSSR count). The molecule has 0 amide bonds. The lowest BCUT2D eigenvalue weighted by molar-refractivity contribution is -0.128. The molecule has 1 aromatic rings. The van der Waals surface area contributed by atoms with Crippen LogP contribution in [0.25, 0.3) is 0 Å². The average Bonchev–Trinajstić information content (AvgIpc) is 2.66. The molecule has 154 valence electrons. The molecule has 0 aromatic heterocycles. The van der Waals surface area contributed by atoms with Crippen LogP contribution in [0.2, 0.25) is 0 Å². The maximum absolute atomic E-state index is 12.2. The third-order valence-corrected chi connectivity index (χ3v) is 3.58. The van der Waals surface area contributed by atoms with Crippen LogP contribution in [-0.4, -0.2) is 18.4 Å². The van der Waals surface area contributed by atoms with Crippen molar-refractivity contribution in [1.29, 1.82) is 0 Å². The van der Waals surface area contributed by atoms with Crippen LogP contribution in [0.5, 0.6) is 5.75 Å². The standard InChI is InChI=1S/C16H25NO2.C3H8.2C2H6/c1-5-16(3,4)15(18)14(17)11-12-7-9-13(10-8-12)19-6-2;1-3-2;2*1-2/h7-10,14H,5-6,11,17H2,1-4H3;3H2,1-2H3;2*1-2H3. The minimum Gasteiger partial charge on any atom is -0.494 e. The van der Waals surface area contributed by atoms with Crippen LogP contribution in [0.15, 0.2) is 24.3 Å². The number of hydrogen-bond acceptors (Lipinski definition) is 3. The number of hydrogen-bond donors (Lipinski definition) is 1. The van der Waals surface area contributed by atoms with E-state index in [1.165, 1.54) is 6.42 Å². The Morgan fingerprint density at radius 1 is 1.00 bits per heavy atom. The third-order valence-electron chi connectivity index (χ3n) is 3.58. The molecule has 1 unspecified atom stereocenters. The Morgan fingerprint density at radius 2 is 1.42 bits per heavy atom. The zero-order valence-electron chi connectivity index (χ0n) is 19.1. The molecule has 0 aliphatic rings. The van der Waals surface area contributed by atoms with Gasteiger partial charge in [-0.05, 0) is 37.5 Å². The summed E-state index contributed by atoms with van der Waals surface area (Å²) >= 11 is 0. The van der Waals surface area contributed by atoms with Gasteiger partial charge < -0.3 is 10.5 Å². The molecular formula is C23H45NO2. The van der Waals surface area contributed by atoms with Crippen molar-refractivity contribution < 1.29 is 9.53 Å².